The summed E-state index contributed by atoms with van der Waals surface area (Å²) in [6.45, 7) is 1.67. The van der Waals surface area contributed by atoms with Gasteiger partial charge in [0.15, 0.2) is 0 Å². The van der Waals surface area contributed by atoms with E-state index in [1.54, 1.807) is 31.2 Å². The number of nitrogens with zero attached hydrogens (tertiary/aromatic N) is 1. The maximum absolute atomic E-state index is 12.2. The summed E-state index contributed by atoms with van der Waals surface area (Å²) in [6.07, 6.45) is 1.48. The van der Waals surface area contributed by atoms with Gasteiger partial charge in [0.25, 0.3) is 0 Å². The van der Waals surface area contributed by atoms with Gasteiger partial charge in [0.05, 0.1) is 22.8 Å². The predicted molar refractivity (Wildman–Crippen MR) is 68.6 cm³/mol. The highest BCUT2D eigenvalue weighted by Gasteiger charge is 2.22. The minimum Gasteiger partial charge on any atom is -0.468 e. The van der Waals surface area contributed by atoms with Crippen LogP contribution in [-0.4, -0.2) is 8.42 Å². The van der Waals surface area contributed by atoms with Crippen LogP contribution < -0.4 is 4.72 Å². The molecule has 0 aliphatic heterocycles. The van der Waals surface area contributed by atoms with E-state index in [1.165, 1.54) is 18.4 Å². The van der Waals surface area contributed by atoms with Gasteiger partial charge in [-0.05, 0) is 31.2 Å². The molecule has 0 amide bonds. The Balaban J connectivity index is 2.31. The van der Waals surface area contributed by atoms with Gasteiger partial charge < -0.3 is 4.42 Å². The van der Waals surface area contributed by atoms with Crippen molar-refractivity contribution < 1.29 is 12.8 Å². The maximum atomic E-state index is 12.2. The summed E-state index contributed by atoms with van der Waals surface area (Å²) in [5, 5.41) is 8.94. The zero-order valence-electron chi connectivity index (χ0n) is 10.2. The lowest BCUT2D eigenvalue weighted by atomic mass is 10.2. The monoisotopic (exact) mass is 276 g/mol. The van der Waals surface area contributed by atoms with Crippen molar-refractivity contribution in [1.29, 1.82) is 5.26 Å². The average Bonchev–Trinajstić information content (AvgIpc) is 2.92. The Morgan fingerprint density at radius 2 is 2.00 bits per heavy atom. The van der Waals surface area contributed by atoms with Crippen LogP contribution in [0.3, 0.4) is 0 Å². The van der Waals surface area contributed by atoms with Crippen LogP contribution in [0.25, 0.3) is 0 Å². The molecule has 0 fully saturated rings. The molecule has 2 aromatic rings. The van der Waals surface area contributed by atoms with Crippen LogP contribution in [0, 0.1) is 11.3 Å². The molecule has 0 saturated carbocycles. The third kappa shape index (κ3) is 2.84. The Hall–Kier alpha value is -2.10. The van der Waals surface area contributed by atoms with Crippen molar-refractivity contribution in [2.75, 3.05) is 0 Å². The number of nitrogens with one attached hydrogen (secondary N) is 1. The number of nitriles is 1. The van der Waals surface area contributed by atoms with Gasteiger partial charge in [-0.15, -0.1) is 0 Å². The van der Waals surface area contributed by atoms with Crippen molar-refractivity contribution in [3.05, 3.63) is 54.0 Å². The van der Waals surface area contributed by atoms with E-state index in [4.69, 9.17) is 9.68 Å². The van der Waals surface area contributed by atoms with E-state index in [0.29, 0.717) is 5.76 Å². The maximum Gasteiger partial charge on any atom is 0.242 e. The number of benzene rings is 1. The normalized spacial score (nSPS) is 12.8. The van der Waals surface area contributed by atoms with E-state index in [0.717, 1.165) is 0 Å². The molecule has 0 aliphatic carbocycles. The highest BCUT2D eigenvalue weighted by molar-refractivity contribution is 7.89. The van der Waals surface area contributed by atoms with E-state index in [1.807, 2.05) is 6.07 Å². The standard InChI is InChI=1S/C13H12N2O3S/c1-10(12-6-4-8-18-12)15-19(16,17)13-7-3-2-5-11(13)9-14/h2-8,10,15H,1H3. The summed E-state index contributed by atoms with van der Waals surface area (Å²) in [7, 11) is -3.76. The SMILES string of the molecule is CC(NS(=O)(=O)c1ccccc1C#N)c1ccco1. The van der Waals surface area contributed by atoms with Gasteiger partial charge in [0.1, 0.15) is 11.8 Å². The molecule has 1 aromatic carbocycles. The third-order valence-corrected chi connectivity index (χ3v) is 4.20. The molecule has 2 rings (SSSR count). The Morgan fingerprint density at radius 1 is 1.26 bits per heavy atom. The van der Waals surface area contributed by atoms with Gasteiger partial charge in [-0.25, -0.2) is 13.1 Å². The van der Waals surface area contributed by atoms with Crippen molar-refractivity contribution in [2.24, 2.45) is 0 Å². The van der Waals surface area contributed by atoms with Crippen LogP contribution in [0.15, 0.2) is 52.0 Å². The fraction of sp³-hybridized carbons (Fsp3) is 0.154. The molecule has 19 heavy (non-hydrogen) atoms. The highest BCUT2D eigenvalue weighted by Crippen LogP contribution is 2.19. The van der Waals surface area contributed by atoms with Crippen LogP contribution in [0.1, 0.15) is 24.3 Å². The first-order valence-electron chi connectivity index (χ1n) is 5.59. The largest absolute Gasteiger partial charge is 0.468 e. The molecule has 1 atom stereocenters. The molecule has 0 aliphatic rings. The predicted octanol–water partition coefficient (Wildman–Crippen LogP) is 2.19. The summed E-state index contributed by atoms with van der Waals surface area (Å²) in [6, 6.07) is 10.8. The first-order chi connectivity index (χ1) is 9.04. The average molecular weight is 276 g/mol. The van der Waals surface area contributed by atoms with Gasteiger partial charge in [-0.3, -0.25) is 0 Å². The van der Waals surface area contributed by atoms with Crippen molar-refractivity contribution in [3.8, 4) is 6.07 Å². The van der Waals surface area contributed by atoms with Crippen molar-refractivity contribution in [2.45, 2.75) is 17.9 Å². The summed E-state index contributed by atoms with van der Waals surface area (Å²) in [5.74, 6) is 0.512. The molecule has 0 radical (unpaired) electrons. The second-order valence-corrected chi connectivity index (χ2v) is 5.65. The summed E-state index contributed by atoms with van der Waals surface area (Å²) in [4.78, 5) is -0.0316. The summed E-state index contributed by atoms with van der Waals surface area (Å²) >= 11 is 0. The number of hydrogen-bond acceptors (Lipinski definition) is 4. The van der Waals surface area contributed by atoms with E-state index in [-0.39, 0.29) is 10.5 Å². The Kier molecular flexibility index (Phi) is 3.69. The van der Waals surface area contributed by atoms with Crippen molar-refractivity contribution in [1.82, 2.24) is 4.72 Å². The lowest BCUT2D eigenvalue weighted by molar-refractivity contribution is 0.459. The van der Waals surface area contributed by atoms with Gasteiger partial charge >= 0.3 is 0 Å². The first-order valence-corrected chi connectivity index (χ1v) is 7.08. The molecule has 1 heterocycles. The van der Waals surface area contributed by atoms with Crippen molar-refractivity contribution in [3.63, 3.8) is 0 Å². The lowest BCUT2D eigenvalue weighted by Crippen LogP contribution is -2.27. The van der Waals surface area contributed by atoms with Crippen LogP contribution in [0.4, 0.5) is 0 Å². The first kappa shape index (κ1) is 13.3. The van der Waals surface area contributed by atoms with E-state index >= 15 is 0 Å². The van der Waals surface area contributed by atoms with E-state index in [9.17, 15) is 8.42 Å². The minimum absolute atomic E-state index is 0.0316. The quantitative estimate of drug-likeness (QED) is 0.927. The van der Waals surface area contributed by atoms with Crippen molar-refractivity contribution >= 4 is 10.0 Å². The zero-order valence-corrected chi connectivity index (χ0v) is 11.0. The molecule has 0 spiro atoms. The molecule has 6 heteroatoms. The molecule has 98 valence electrons. The number of sulfonamides is 1. The zero-order chi connectivity index (χ0) is 13.9. The fourth-order valence-corrected chi connectivity index (χ4v) is 3.05. The molecule has 0 saturated heterocycles. The molecule has 5 nitrogen and oxygen atoms in total. The van der Waals surface area contributed by atoms with Crippen LogP contribution in [0.5, 0.6) is 0 Å². The summed E-state index contributed by atoms with van der Waals surface area (Å²) < 4.78 is 32.0. The van der Waals surface area contributed by atoms with Crippen LogP contribution in [-0.2, 0) is 10.0 Å². The van der Waals surface area contributed by atoms with E-state index in [2.05, 4.69) is 4.72 Å². The van der Waals surface area contributed by atoms with E-state index < -0.39 is 16.1 Å². The minimum atomic E-state index is -3.76. The Bertz CT molecular complexity index is 700. The Labute approximate surface area is 111 Å². The van der Waals surface area contributed by atoms with Gasteiger partial charge in [-0.2, -0.15) is 5.26 Å². The molecular weight excluding hydrogens is 264 g/mol. The number of furan rings is 1. The molecule has 0 bridgehead atoms. The number of hydrogen-bond donors (Lipinski definition) is 1. The molecule has 1 aromatic heterocycles. The van der Waals surface area contributed by atoms with Crippen LogP contribution in [0.2, 0.25) is 0 Å². The van der Waals surface area contributed by atoms with Gasteiger partial charge in [-0.1, -0.05) is 12.1 Å². The third-order valence-electron chi connectivity index (χ3n) is 2.60. The lowest BCUT2D eigenvalue weighted by Gasteiger charge is -2.12. The van der Waals surface area contributed by atoms with Crippen LogP contribution >= 0.6 is 0 Å². The van der Waals surface area contributed by atoms with Gasteiger partial charge in [0.2, 0.25) is 10.0 Å². The molecule has 1 N–H and O–H groups in total. The highest BCUT2D eigenvalue weighted by atomic mass is 32.2. The smallest absolute Gasteiger partial charge is 0.242 e. The summed E-state index contributed by atoms with van der Waals surface area (Å²) in [5.41, 5.74) is 0.113. The molecule has 1 unspecified atom stereocenters. The second kappa shape index (κ2) is 5.26. The second-order valence-electron chi connectivity index (χ2n) is 3.97. The Morgan fingerprint density at radius 3 is 2.63 bits per heavy atom. The molecular formula is C13H12N2O3S. The topological polar surface area (TPSA) is 83.1 Å². The fourth-order valence-electron chi connectivity index (χ4n) is 1.69. The number of rotatable bonds is 4. The van der Waals surface area contributed by atoms with Gasteiger partial charge in [0, 0.05) is 0 Å².